The lowest BCUT2D eigenvalue weighted by molar-refractivity contribution is 0.401. The third-order valence-electron chi connectivity index (χ3n) is 3.48. The van der Waals surface area contributed by atoms with Crippen LogP contribution >= 0.6 is 0 Å². The van der Waals surface area contributed by atoms with Crippen molar-refractivity contribution in [2.45, 2.75) is 44.8 Å². The highest BCUT2D eigenvalue weighted by Crippen LogP contribution is 2.42. The average molecular weight is 271 g/mol. The fourth-order valence-electron chi connectivity index (χ4n) is 2.64. The molecule has 0 radical (unpaired) electrons. The van der Waals surface area contributed by atoms with Crippen LogP contribution in [0.15, 0.2) is 18.2 Å². The zero-order valence-corrected chi connectivity index (χ0v) is 11.9. The number of hydrogen-bond donors (Lipinski definition) is 2. The fourth-order valence-corrected chi connectivity index (χ4v) is 4.00. The molecule has 1 atom stereocenters. The highest BCUT2D eigenvalue weighted by molar-refractivity contribution is 7.86. The molecule has 3 N–H and O–H groups in total. The minimum absolute atomic E-state index is 0.300. The van der Waals surface area contributed by atoms with Gasteiger partial charge < -0.3 is 5.73 Å². The Labute approximate surface area is 109 Å². The Hall–Kier alpha value is -1.07. The SMILES string of the molecule is CCCC(CC)(c1c(C)cccc1N)S(=O)(=O)O. The number of hydrogen-bond acceptors (Lipinski definition) is 3. The monoisotopic (exact) mass is 271 g/mol. The van der Waals surface area contributed by atoms with Gasteiger partial charge in [-0.1, -0.05) is 32.4 Å². The summed E-state index contributed by atoms with van der Waals surface area (Å²) >= 11 is 0. The van der Waals surface area contributed by atoms with Crippen molar-refractivity contribution in [3.8, 4) is 0 Å². The van der Waals surface area contributed by atoms with Crippen LogP contribution in [-0.2, 0) is 14.9 Å². The van der Waals surface area contributed by atoms with E-state index in [9.17, 15) is 13.0 Å². The molecule has 5 heteroatoms. The van der Waals surface area contributed by atoms with E-state index in [4.69, 9.17) is 5.73 Å². The standard InChI is InChI=1S/C13H21NO3S/c1-4-9-13(5-2,18(15,16)17)12-10(3)7-6-8-11(12)14/h6-8H,4-5,9,14H2,1-3H3,(H,15,16,17). The first-order valence-electron chi connectivity index (χ1n) is 6.12. The summed E-state index contributed by atoms with van der Waals surface area (Å²) in [7, 11) is -4.22. The summed E-state index contributed by atoms with van der Waals surface area (Å²) in [5, 5.41) is 0. The molecule has 0 aliphatic rings. The Kier molecular flexibility index (Phi) is 4.40. The molecule has 0 fully saturated rings. The maximum atomic E-state index is 11.9. The van der Waals surface area contributed by atoms with Crippen molar-refractivity contribution in [3.63, 3.8) is 0 Å². The second-order valence-corrected chi connectivity index (χ2v) is 6.34. The molecule has 0 spiro atoms. The molecular weight excluding hydrogens is 250 g/mol. The Morgan fingerprint density at radius 3 is 2.33 bits per heavy atom. The van der Waals surface area contributed by atoms with Gasteiger partial charge in [-0.2, -0.15) is 8.42 Å². The van der Waals surface area contributed by atoms with E-state index in [1.165, 1.54) is 0 Å². The van der Waals surface area contributed by atoms with E-state index < -0.39 is 14.9 Å². The number of rotatable bonds is 5. The smallest absolute Gasteiger partial charge is 0.274 e. The quantitative estimate of drug-likeness (QED) is 0.637. The summed E-state index contributed by atoms with van der Waals surface area (Å²) in [5.41, 5.74) is 7.69. The Bertz CT molecular complexity index is 505. The van der Waals surface area contributed by atoms with Crippen molar-refractivity contribution >= 4 is 15.8 Å². The summed E-state index contributed by atoms with van der Waals surface area (Å²) in [6.45, 7) is 5.47. The molecule has 1 aromatic rings. The molecule has 0 aliphatic heterocycles. The van der Waals surface area contributed by atoms with Gasteiger partial charge in [0.2, 0.25) is 0 Å². The van der Waals surface area contributed by atoms with Gasteiger partial charge in [0.25, 0.3) is 10.1 Å². The fraction of sp³-hybridized carbons (Fsp3) is 0.538. The molecule has 0 saturated carbocycles. The Morgan fingerprint density at radius 2 is 1.94 bits per heavy atom. The van der Waals surface area contributed by atoms with Crippen LogP contribution in [0.3, 0.4) is 0 Å². The largest absolute Gasteiger partial charge is 0.398 e. The number of benzene rings is 1. The third-order valence-corrected chi connectivity index (χ3v) is 5.16. The molecule has 18 heavy (non-hydrogen) atoms. The second-order valence-electron chi connectivity index (χ2n) is 4.61. The zero-order chi connectivity index (χ0) is 14.0. The number of aryl methyl sites for hydroxylation is 1. The lowest BCUT2D eigenvalue weighted by atomic mass is 9.86. The zero-order valence-electron chi connectivity index (χ0n) is 11.1. The number of nitrogen functional groups attached to an aromatic ring is 1. The topological polar surface area (TPSA) is 80.4 Å². The van der Waals surface area contributed by atoms with Crippen molar-refractivity contribution < 1.29 is 13.0 Å². The average Bonchev–Trinajstić information content (AvgIpc) is 2.25. The minimum Gasteiger partial charge on any atom is -0.398 e. The van der Waals surface area contributed by atoms with Crippen LogP contribution in [0.4, 0.5) is 5.69 Å². The van der Waals surface area contributed by atoms with E-state index >= 15 is 0 Å². The minimum atomic E-state index is -4.22. The van der Waals surface area contributed by atoms with Gasteiger partial charge in [-0.25, -0.2) is 0 Å². The van der Waals surface area contributed by atoms with Crippen LogP contribution in [0.5, 0.6) is 0 Å². The molecule has 0 bridgehead atoms. The maximum Gasteiger partial charge on any atom is 0.274 e. The van der Waals surface area contributed by atoms with E-state index in [2.05, 4.69) is 0 Å². The van der Waals surface area contributed by atoms with Gasteiger partial charge in [0.15, 0.2) is 0 Å². The number of anilines is 1. The predicted molar refractivity (Wildman–Crippen MR) is 74.0 cm³/mol. The van der Waals surface area contributed by atoms with Crippen LogP contribution in [0, 0.1) is 6.92 Å². The Morgan fingerprint density at radius 1 is 1.33 bits per heavy atom. The van der Waals surface area contributed by atoms with Crippen molar-refractivity contribution in [1.29, 1.82) is 0 Å². The van der Waals surface area contributed by atoms with Gasteiger partial charge in [0.1, 0.15) is 4.75 Å². The third kappa shape index (κ3) is 2.37. The maximum absolute atomic E-state index is 11.9. The van der Waals surface area contributed by atoms with E-state index in [0.29, 0.717) is 30.5 Å². The molecule has 102 valence electrons. The summed E-state index contributed by atoms with van der Waals surface area (Å²) in [5.74, 6) is 0. The first kappa shape index (κ1) is 15.0. The van der Waals surface area contributed by atoms with Crippen molar-refractivity contribution in [2.24, 2.45) is 0 Å². The van der Waals surface area contributed by atoms with Gasteiger partial charge in [-0.05, 0) is 31.4 Å². The van der Waals surface area contributed by atoms with Crippen molar-refractivity contribution in [2.75, 3.05) is 5.73 Å². The van der Waals surface area contributed by atoms with Crippen LogP contribution in [-0.4, -0.2) is 13.0 Å². The molecule has 0 amide bonds. The molecule has 0 saturated heterocycles. The summed E-state index contributed by atoms with van der Waals surface area (Å²) in [6.07, 6.45) is 1.31. The van der Waals surface area contributed by atoms with Crippen LogP contribution in [0.2, 0.25) is 0 Å². The highest BCUT2D eigenvalue weighted by Gasteiger charge is 2.44. The van der Waals surface area contributed by atoms with E-state index in [1.807, 2.05) is 19.9 Å². The number of nitrogens with two attached hydrogens (primary N) is 1. The van der Waals surface area contributed by atoms with Gasteiger partial charge in [0.05, 0.1) is 0 Å². The molecule has 4 nitrogen and oxygen atoms in total. The van der Waals surface area contributed by atoms with E-state index in [1.54, 1.807) is 19.1 Å². The normalized spacial score (nSPS) is 15.3. The molecule has 0 aromatic heterocycles. The molecule has 1 aromatic carbocycles. The van der Waals surface area contributed by atoms with Crippen LogP contribution in [0.25, 0.3) is 0 Å². The molecular formula is C13H21NO3S. The first-order valence-corrected chi connectivity index (χ1v) is 7.56. The highest BCUT2D eigenvalue weighted by atomic mass is 32.2. The van der Waals surface area contributed by atoms with E-state index in [0.717, 1.165) is 5.56 Å². The summed E-state index contributed by atoms with van der Waals surface area (Å²) in [6, 6.07) is 5.27. The Balaban J connectivity index is 3.63. The second kappa shape index (κ2) is 5.28. The van der Waals surface area contributed by atoms with Gasteiger partial charge in [0, 0.05) is 11.3 Å². The summed E-state index contributed by atoms with van der Waals surface area (Å²) < 4.78 is 32.1. The lowest BCUT2D eigenvalue weighted by Crippen LogP contribution is -2.36. The predicted octanol–water partition coefficient (Wildman–Crippen LogP) is 2.87. The lowest BCUT2D eigenvalue weighted by Gasteiger charge is -2.32. The van der Waals surface area contributed by atoms with Gasteiger partial charge >= 0.3 is 0 Å². The molecule has 0 aliphatic carbocycles. The van der Waals surface area contributed by atoms with Crippen molar-refractivity contribution in [3.05, 3.63) is 29.3 Å². The van der Waals surface area contributed by atoms with E-state index in [-0.39, 0.29) is 0 Å². The van der Waals surface area contributed by atoms with Gasteiger partial charge in [-0.3, -0.25) is 4.55 Å². The molecule has 1 unspecified atom stereocenters. The van der Waals surface area contributed by atoms with Crippen LogP contribution < -0.4 is 5.73 Å². The first-order chi connectivity index (χ1) is 8.30. The molecule has 0 heterocycles. The van der Waals surface area contributed by atoms with Crippen molar-refractivity contribution in [1.82, 2.24) is 0 Å². The van der Waals surface area contributed by atoms with Gasteiger partial charge in [-0.15, -0.1) is 0 Å². The molecule has 1 rings (SSSR count). The summed E-state index contributed by atoms with van der Waals surface area (Å²) in [4.78, 5) is 0. The van der Waals surface area contributed by atoms with Crippen LogP contribution in [0.1, 0.15) is 44.2 Å².